The van der Waals surface area contributed by atoms with Crippen molar-refractivity contribution < 1.29 is 9.59 Å². The van der Waals surface area contributed by atoms with Crippen LogP contribution in [-0.2, 0) is 9.59 Å². The number of hydrogen-bond acceptors (Lipinski definition) is 3. The molecule has 3 nitrogen and oxygen atoms in total. The molecule has 0 bridgehead atoms. The lowest BCUT2D eigenvalue weighted by molar-refractivity contribution is -0.111. The maximum atomic E-state index is 10.9. The molecule has 0 atom stereocenters. The molecule has 70 valence electrons. The van der Waals surface area contributed by atoms with Crippen LogP contribution < -0.4 is 5.32 Å². The summed E-state index contributed by atoms with van der Waals surface area (Å²) in [4.78, 5) is 19.7. The van der Waals surface area contributed by atoms with Crippen molar-refractivity contribution in [2.24, 2.45) is 0 Å². The van der Waals surface area contributed by atoms with Gasteiger partial charge in [0, 0.05) is 7.05 Å². The quantitative estimate of drug-likeness (QED) is 0.610. The summed E-state index contributed by atoms with van der Waals surface area (Å²) in [7, 11) is 1.72. The van der Waals surface area contributed by atoms with Gasteiger partial charge < -0.3 is 10.1 Å². The first-order valence-corrected chi connectivity index (χ1v) is 3.86. The molecule has 13 heavy (non-hydrogen) atoms. The van der Waals surface area contributed by atoms with Crippen LogP contribution in [0.5, 0.6) is 0 Å². The first kappa shape index (κ1) is 11.4. The molecule has 0 aliphatic heterocycles. The number of nitrogens with one attached hydrogen (secondary N) is 1. The van der Waals surface area contributed by atoms with E-state index in [4.69, 9.17) is 4.79 Å². The fourth-order valence-electron chi connectivity index (χ4n) is 0.773. The van der Waals surface area contributed by atoms with E-state index in [2.05, 4.69) is 11.9 Å². The van der Waals surface area contributed by atoms with Crippen molar-refractivity contribution in [2.45, 2.75) is 6.92 Å². The molecule has 0 heterocycles. The zero-order valence-corrected chi connectivity index (χ0v) is 7.83. The summed E-state index contributed by atoms with van der Waals surface area (Å²) in [5.74, 6) is 0.00917. The van der Waals surface area contributed by atoms with Gasteiger partial charge in [0.1, 0.15) is 6.29 Å². The van der Waals surface area contributed by atoms with Crippen molar-refractivity contribution in [3.8, 4) is 0 Å². The van der Waals surface area contributed by atoms with Gasteiger partial charge in [0.2, 0.25) is 5.78 Å². The lowest BCUT2D eigenvalue weighted by Crippen LogP contribution is -2.16. The molecule has 1 rings (SSSR count). The average molecular weight is 179 g/mol. The van der Waals surface area contributed by atoms with Crippen LogP contribution in [0.1, 0.15) is 6.92 Å². The van der Waals surface area contributed by atoms with Gasteiger partial charge in [0.05, 0.1) is 5.70 Å². The van der Waals surface area contributed by atoms with Gasteiger partial charge in [-0.15, -0.1) is 0 Å². The highest BCUT2D eigenvalue weighted by molar-refractivity contribution is 6.05. The van der Waals surface area contributed by atoms with Crippen molar-refractivity contribution in [3.05, 3.63) is 36.1 Å². The lowest BCUT2D eigenvalue weighted by atomic mass is 10.1. The second-order valence-corrected chi connectivity index (χ2v) is 2.32. The lowest BCUT2D eigenvalue weighted by Gasteiger charge is -2.06. The van der Waals surface area contributed by atoms with Crippen LogP contribution in [0.3, 0.4) is 0 Å². The fraction of sp³-hybridized carbons (Fsp3) is 0.200. The number of hydrogen-bond donors (Lipinski definition) is 1. The van der Waals surface area contributed by atoms with E-state index in [0.717, 1.165) is 11.9 Å². The van der Waals surface area contributed by atoms with E-state index in [1.807, 2.05) is 0 Å². The van der Waals surface area contributed by atoms with Crippen LogP contribution in [0, 0.1) is 0 Å². The Hall–Kier alpha value is -1.64. The highest BCUT2D eigenvalue weighted by Crippen LogP contribution is 2.07. The number of aldehydes is 1. The maximum absolute atomic E-state index is 10.9. The smallest absolute Gasteiger partial charge is 0.201 e. The summed E-state index contributed by atoms with van der Waals surface area (Å²) in [6.07, 6.45) is 5.68. The van der Waals surface area contributed by atoms with E-state index in [1.54, 1.807) is 19.2 Å². The molecule has 0 amide bonds. The summed E-state index contributed by atoms with van der Waals surface area (Å²) in [5, 5.41) is 2.78. The van der Waals surface area contributed by atoms with Crippen molar-refractivity contribution >= 4 is 12.1 Å². The van der Waals surface area contributed by atoms with Crippen molar-refractivity contribution in [2.75, 3.05) is 7.05 Å². The predicted octanol–water partition coefficient (Wildman–Crippen LogP) is 0.990. The third-order valence-corrected chi connectivity index (χ3v) is 1.31. The van der Waals surface area contributed by atoms with Gasteiger partial charge in [-0.1, -0.05) is 12.7 Å². The third-order valence-electron chi connectivity index (χ3n) is 1.31. The molecule has 1 N–H and O–H groups in total. The average Bonchev–Trinajstić information content (AvgIpc) is 2.10. The minimum Gasteiger partial charge on any atom is -0.385 e. The Bertz CT molecular complexity index is 275. The minimum atomic E-state index is 0.00917. The molecule has 0 aromatic heterocycles. The van der Waals surface area contributed by atoms with Crippen LogP contribution in [0.2, 0.25) is 0 Å². The zero-order chi connectivity index (χ0) is 10.3. The molecule has 0 spiro atoms. The number of allylic oxidation sites excluding steroid dienone is 4. The summed E-state index contributed by atoms with van der Waals surface area (Å²) in [6, 6.07) is 0. The van der Waals surface area contributed by atoms with Gasteiger partial charge in [-0.05, 0) is 24.6 Å². The van der Waals surface area contributed by atoms with Gasteiger partial charge in [0.15, 0.2) is 0 Å². The number of ketones is 1. The molecular formula is C10H13NO2. The molecule has 1 aliphatic rings. The second kappa shape index (κ2) is 5.94. The first-order chi connectivity index (χ1) is 6.15. The van der Waals surface area contributed by atoms with Gasteiger partial charge >= 0.3 is 0 Å². The number of carbonyl (C=O) groups excluding carboxylic acids is 2. The topological polar surface area (TPSA) is 46.2 Å². The van der Waals surface area contributed by atoms with Crippen LogP contribution >= 0.6 is 0 Å². The van der Waals surface area contributed by atoms with Crippen LogP contribution in [0.4, 0.5) is 0 Å². The first-order valence-electron chi connectivity index (χ1n) is 3.86. The van der Waals surface area contributed by atoms with E-state index in [0.29, 0.717) is 5.70 Å². The molecule has 0 saturated heterocycles. The molecule has 0 fully saturated rings. The van der Waals surface area contributed by atoms with Gasteiger partial charge in [-0.2, -0.15) is 0 Å². The summed E-state index contributed by atoms with van der Waals surface area (Å²) in [5.41, 5.74) is 1.46. The van der Waals surface area contributed by atoms with E-state index in [9.17, 15) is 4.79 Å². The van der Waals surface area contributed by atoms with Crippen LogP contribution in [-0.4, -0.2) is 19.1 Å². The third kappa shape index (κ3) is 4.06. The summed E-state index contributed by atoms with van der Waals surface area (Å²) >= 11 is 0. The van der Waals surface area contributed by atoms with Crippen molar-refractivity contribution in [3.63, 3.8) is 0 Å². The maximum Gasteiger partial charge on any atom is 0.201 e. The number of likely N-dealkylation sites (N-methyl/N-ethyl adjacent to an activating group) is 1. The largest absolute Gasteiger partial charge is 0.385 e. The molecular weight excluding hydrogens is 166 g/mol. The Kier molecular flexibility index (Phi) is 5.19. The van der Waals surface area contributed by atoms with E-state index < -0.39 is 0 Å². The predicted molar refractivity (Wildman–Crippen MR) is 52.2 cm³/mol. The van der Waals surface area contributed by atoms with E-state index in [-0.39, 0.29) is 5.78 Å². The number of rotatable bonds is 1. The van der Waals surface area contributed by atoms with Crippen molar-refractivity contribution in [1.29, 1.82) is 0 Å². The molecule has 1 aliphatic carbocycles. The monoisotopic (exact) mass is 179 g/mol. The second-order valence-electron chi connectivity index (χ2n) is 2.32. The molecule has 3 heteroatoms. The summed E-state index contributed by atoms with van der Waals surface area (Å²) < 4.78 is 0. The molecule has 0 saturated carbocycles. The molecule has 0 unspecified atom stereocenters. The minimum absolute atomic E-state index is 0.00917. The Balaban J connectivity index is 0.000000424. The van der Waals surface area contributed by atoms with Gasteiger partial charge in [0.25, 0.3) is 0 Å². The Morgan fingerprint density at radius 1 is 1.46 bits per heavy atom. The fourth-order valence-corrected chi connectivity index (χ4v) is 0.773. The standard InChI is InChI=1S/C8H9NO.C2H4O/c1-6-3-4-8(10)7(5-6)9-2;1-2-3/h3-5,9H,1H2,2H3;2H,1H3. The molecule has 0 aromatic rings. The highest BCUT2D eigenvalue weighted by atomic mass is 16.1. The van der Waals surface area contributed by atoms with Crippen LogP contribution in [0.15, 0.2) is 36.1 Å². The molecule has 0 radical (unpaired) electrons. The van der Waals surface area contributed by atoms with Crippen molar-refractivity contribution in [1.82, 2.24) is 5.32 Å². The molecule has 0 aromatic carbocycles. The Morgan fingerprint density at radius 2 is 2.00 bits per heavy atom. The van der Waals surface area contributed by atoms with E-state index in [1.165, 1.54) is 13.0 Å². The Labute approximate surface area is 77.8 Å². The summed E-state index contributed by atoms with van der Waals surface area (Å²) in [6.45, 7) is 5.14. The van der Waals surface area contributed by atoms with Crippen LogP contribution in [0.25, 0.3) is 0 Å². The normalized spacial score (nSPS) is 14.2. The SMILES string of the molecule is C=C1C=CC(=O)C(NC)=C1.CC=O. The van der Waals surface area contributed by atoms with Gasteiger partial charge in [-0.25, -0.2) is 0 Å². The zero-order valence-electron chi connectivity index (χ0n) is 7.83. The van der Waals surface area contributed by atoms with Gasteiger partial charge in [-0.3, -0.25) is 4.79 Å². The number of carbonyl (C=O) groups is 2. The Morgan fingerprint density at radius 3 is 2.38 bits per heavy atom. The highest BCUT2D eigenvalue weighted by Gasteiger charge is 2.06. The van der Waals surface area contributed by atoms with E-state index >= 15 is 0 Å².